The third-order valence-corrected chi connectivity index (χ3v) is 3.46. The molecule has 1 N–H and O–H groups in total. The summed E-state index contributed by atoms with van der Waals surface area (Å²) in [6.45, 7) is 3.96. The number of rotatable bonds is 6. The summed E-state index contributed by atoms with van der Waals surface area (Å²) in [5.74, 6) is 0.666. The van der Waals surface area contributed by atoms with Crippen LogP contribution in [0.1, 0.15) is 25.0 Å². The van der Waals surface area contributed by atoms with Crippen LogP contribution in [0.25, 0.3) is 0 Å². The standard InChI is InChI=1S/C18H19BrN2O2/c1-13(2)23-17-9-5-15(6-10-17)12-20-21-18(22)11-14-3-7-16(19)8-4-14/h3-10,12-13H,11H2,1-2H3,(H,21,22)/b20-12-. The van der Waals surface area contributed by atoms with Gasteiger partial charge in [0.25, 0.3) is 0 Å². The van der Waals surface area contributed by atoms with E-state index in [-0.39, 0.29) is 12.0 Å². The van der Waals surface area contributed by atoms with E-state index >= 15 is 0 Å². The summed E-state index contributed by atoms with van der Waals surface area (Å²) in [5, 5.41) is 3.97. The fourth-order valence-corrected chi connectivity index (χ4v) is 2.17. The van der Waals surface area contributed by atoms with Crippen LogP contribution < -0.4 is 10.2 Å². The van der Waals surface area contributed by atoms with Crippen molar-refractivity contribution >= 4 is 28.1 Å². The molecule has 0 aromatic heterocycles. The number of hydrogen-bond acceptors (Lipinski definition) is 3. The molecule has 23 heavy (non-hydrogen) atoms. The molecule has 0 spiro atoms. The Morgan fingerprint density at radius 3 is 2.43 bits per heavy atom. The SMILES string of the molecule is CC(C)Oc1ccc(/C=N\NC(=O)Cc2ccc(Br)cc2)cc1. The number of halogens is 1. The second-order valence-electron chi connectivity index (χ2n) is 5.33. The van der Waals surface area contributed by atoms with E-state index in [4.69, 9.17) is 4.74 Å². The summed E-state index contributed by atoms with van der Waals surface area (Å²) >= 11 is 3.36. The highest BCUT2D eigenvalue weighted by atomic mass is 79.9. The van der Waals surface area contributed by atoms with Crippen LogP contribution in [0.4, 0.5) is 0 Å². The van der Waals surface area contributed by atoms with Gasteiger partial charge < -0.3 is 4.74 Å². The normalized spacial score (nSPS) is 11.0. The molecule has 0 fully saturated rings. The van der Waals surface area contributed by atoms with Gasteiger partial charge in [-0.05, 0) is 61.4 Å². The van der Waals surface area contributed by atoms with Gasteiger partial charge in [-0.1, -0.05) is 28.1 Å². The molecule has 0 saturated heterocycles. The van der Waals surface area contributed by atoms with Crippen molar-refractivity contribution in [2.45, 2.75) is 26.4 Å². The topological polar surface area (TPSA) is 50.7 Å². The molecule has 0 bridgehead atoms. The Balaban J connectivity index is 1.83. The van der Waals surface area contributed by atoms with E-state index in [1.54, 1.807) is 6.21 Å². The van der Waals surface area contributed by atoms with Crippen molar-refractivity contribution in [1.29, 1.82) is 0 Å². The average Bonchev–Trinajstić information content (AvgIpc) is 2.51. The number of benzene rings is 2. The molecule has 120 valence electrons. The first-order chi connectivity index (χ1) is 11.0. The van der Waals surface area contributed by atoms with Crippen molar-refractivity contribution in [3.05, 3.63) is 64.1 Å². The zero-order valence-corrected chi connectivity index (χ0v) is 14.7. The van der Waals surface area contributed by atoms with Gasteiger partial charge in [-0.25, -0.2) is 5.43 Å². The van der Waals surface area contributed by atoms with Crippen molar-refractivity contribution in [2.75, 3.05) is 0 Å². The molecule has 0 aliphatic rings. The fourth-order valence-electron chi connectivity index (χ4n) is 1.91. The first-order valence-electron chi connectivity index (χ1n) is 7.36. The summed E-state index contributed by atoms with van der Waals surface area (Å²) in [4.78, 5) is 11.8. The Hall–Kier alpha value is -2.14. The molecule has 0 radical (unpaired) electrons. The van der Waals surface area contributed by atoms with Crippen LogP contribution in [0.3, 0.4) is 0 Å². The predicted molar refractivity (Wildman–Crippen MR) is 95.8 cm³/mol. The summed E-state index contributed by atoms with van der Waals surface area (Å²) in [5.41, 5.74) is 4.36. The number of ether oxygens (including phenoxy) is 1. The van der Waals surface area contributed by atoms with Gasteiger partial charge in [-0.3, -0.25) is 4.79 Å². The van der Waals surface area contributed by atoms with Crippen LogP contribution in [-0.4, -0.2) is 18.2 Å². The molecule has 4 nitrogen and oxygen atoms in total. The lowest BCUT2D eigenvalue weighted by atomic mass is 10.1. The second-order valence-corrected chi connectivity index (χ2v) is 6.25. The van der Waals surface area contributed by atoms with E-state index in [2.05, 4.69) is 26.5 Å². The number of amides is 1. The van der Waals surface area contributed by atoms with Gasteiger partial charge in [-0.15, -0.1) is 0 Å². The lowest BCUT2D eigenvalue weighted by Gasteiger charge is -2.09. The van der Waals surface area contributed by atoms with E-state index in [9.17, 15) is 4.79 Å². The minimum absolute atomic E-state index is 0.146. The van der Waals surface area contributed by atoms with Crippen LogP contribution in [0.5, 0.6) is 5.75 Å². The molecule has 0 heterocycles. The van der Waals surface area contributed by atoms with Crippen LogP contribution >= 0.6 is 15.9 Å². The summed E-state index contributed by atoms with van der Waals surface area (Å²) < 4.78 is 6.56. The monoisotopic (exact) mass is 374 g/mol. The summed E-state index contributed by atoms with van der Waals surface area (Å²) in [6.07, 6.45) is 2.05. The maximum atomic E-state index is 11.8. The van der Waals surface area contributed by atoms with Crippen molar-refractivity contribution in [3.8, 4) is 5.75 Å². The van der Waals surface area contributed by atoms with Crippen LogP contribution in [-0.2, 0) is 11.2 Å². The van der Waals surface area contributed by atoms with E-state index < -0.39 is 0 Å². The highest BCUT2D eigenvalue weighted by Crippen LogP contribution is 2.13. The first kappa shape index (κ1) is 17.2. The van der Waals surface area contributed by atoms with Gasteiger partial charge in [0, 0.05) is 4.47 Å². The third kappa shape index (κ3) is 6.24. The van der Waals surface area contributed by atoms with Gasteiger partial charge in [0.1, 0.15) is 5.75 Å². The smallest absolute Gasteiger partial charge is 0.244 e. The molecule has 2 aromatic carbocycles. The van der Waals surface area contributed by atoms with Gasteiger partial charge in [0.15, 0.2) is 0 Å². The average molecular weight is 375 g/mol. The Labute approximate surface area is 144 Å². The maximum absolute atomic E-state index is 11.8. The molecule has 2 rings (SSSR count). The molecular weight excluding hydrogens is 356 g/mol. The predicted octanol–water partition coefficient (Wildman–Crippen LogP) is 3.93. The van der Waals surface area contributed by atoms with E-state index in [1.165, 1.54) is 0 Å². The van der Waals surface area contributed by atoms with Crippen molar-refractivity contribution in [3.63, 3.8) is 0 Å². The van der Waals surface area contributed by atoms with Crippen LogP contribution in [0, 0.1) is 0 Å². The van der Waals surface area contributed by atoms with Gasteiger partial charge in [0.05, 0.1) is 18.7 Å². The number of hydrazone groups is 1. The van der Waals surface area contributed by atoms with Gasteiger partial charge in [-0.2, -0.15) is 5.10 Å². The van der Waals surface area contributed by atoms with Crippen molar-refractivity contribution < 1.29 is 9.53 Å². The molecule has 0 unspecified atom stereocenters. The Kier molecular flexibility index (Phi) is 6.35. The van der Waals surface area contributed by atoms with Crippen LogP contribution in [0.15, 0.2) is 58.1 Å². The molecule has 0 aliphatic heterocycles. The van der Waals surface area contributed by atoms with E-state index in [1.807, 2.05) is 62.4 Å². The molecule has 0 aliphatic carbocycles. The number of nitrogens with one attached hydrogen (secondary N) is 1. The molecular formula is C18H19BrN2O2. The summed E-state index contributed by atoms with van der Waals surface area (Å²) in [6, 6.07) is 15.2. The van der Waals surface area contributed by atoms with Crippen molar-refractivity contribution in [1.82, 2.24) is 5.43 Å². The number of carbonyl (C=O) groups excluding carboxylic acids is 1. The van der Waals surface area contributed by atoms with Gasteiger partial charge >= 0.3 is 0 Å². The minimum atomic E-state index is -0.150. The molecule has 1 amide bonds. The number of hydrogen-bond donors (Lipinski definition) is 1. The van der Waals surface area contributed by atoms with E-state index in [0.29, 0.717) is 6.42 Å². The molecule has 2 aromatic rings. The minimum Gasteiger partial charge on any atom is -0.491 e. The maximum Gasteiger partial charge on any atom is 0.244 e. The van der Waals surface area contributed by atoms with Gasteiger partial charge in [0.2, 0.25) is 5.91 Å². The highest BCUT2D eigenvalue weighted by molar-refractivity contribution is 9.10. The number of carbonyl (C=O) groups is 1. The Morgan fingerprint density at radius 1 is 1.17 bits per heavy atom. The van der Waals surface area contributed by atoms with E-state index in [0.717, 1.165) is 21.3 Å². The molecule has 0 atom stereocenters. The third-order valence-electron chi connectivity index (χ3n) is 2.93. The lowest BCUT2D eigenvalue weighted by Crippen LogP contribution is -2.19. The first-order valence-corrected chi connectivity index (χ1v) is 8.15. The Bertz CT molecular complexity index is 664. The second kappa shape index (κ2) is 8.48. The zero-order chi connectivity index (χ0) is 16.7. The largest absolute Gasteiger partial charge is 0.491 e. The quantitative estimate of drug-likeness (QED) is 0.615. The lowest BCUT2D eigenvalue weighted by molar-refractivity contribution is -0.120. The molecule has 5 heteroatoms. The molecule has 0 saturated carbocycles. The zero-order valence-electron chi connectivity index (χ0n) is 13.1. The van der Waals surface area contributed by atoms with Crippen molar-refractivity contribution in [2.24, 2.45) is 5.10 Å². The highest BCUT2D eigenvalue weighted by Gasteiger charge is 2.02. The fraction of sp³-hybridized carbons (Fsp3) is 0.222. The van der Waals surface area contributed by atoms with Crippen LogP contribution in [0.2, 0.25) is 0 Å². The summed E-state index contributed by atoms with van der Waals surface area (Å²) in [7, 11) is 0. The number of nitrogens with zero attached hydrogens (tertiary/aromatic N) is 1. The Morgan fingerprint density at radius 2 is 1.83 bits per heavy atom.